The van der Waals surface area contributed by atoms with Gasteiger partial charge in [0.1, 0.15) is 5.75 Å². The van der Waals surface area contributed by atoms with E-state index < -0.39 is 0 Å². The number of carbonyl (C=O) groups excluding carboxylic acids is 1. The summed E-state index contributed by atoms with van der Waals surface area (Å²) in [6, 6.07) is 5.25. The summed E-state index contributed by atoms with van der Waals surface area (Å²) in [5.41, 5.74) is 0.772. The average Bonchev–Trinajstić information content (AvgIpc) is 2.90. The lowest BCUT2D eigenvalue weighted by Gasteiger charge is -2.63. The summed E-state index contributed by atoms with van der Waals surface area (Å²) in [6.45, 7) is 0.821. The third-order valence-corrected chi connectivity index (χ3v) is 6.06. The van der Waals surface area contributed by atoms with E-state index in [9.17, 15) is 4.79 Å². The van der Waals surface area contributed by atoms with Gasteiger partial charge in [0.05, 0.1) is 23.9 Å². The number of amides is 2. The SMILES string of the molecule is COc1ccc(NC(=O)N[C@@H]2[C@@H]3CCO[C@H]3C23CCC3)c(Cl)c1. The minimum absolute atomic E-state index is 0.183. The second-order valence-electron chi connectivity index (χ2n) is 6.75. The number of hydrogen-bond acceptors (Lipinski definition) is 3. The molecule has 2 N–H and O–H groups in total. The van der Waals surface area contributed by atoms with Crippen molar-refractivity contribution in [3.63, 3.8) is 0 Å². The molecule has 1 aliphatic heterocycles. The highest BCUT2D eigenvalue weighted by Gasteiger charge is 2.66. The maximum atomic E-state index is 12.4. The van der Waals surface area contributed by atoms with E-state index in [1.165, 1.54) is 6.42 Å². The van der Waals surface area contributed by atoms with Gasteiger partial charge in [0, 0.05) is 30.0 Å². The van der Waals surface area contributed by atoms with Gasteiger partial charge in [0.15, 0.2) is 0 Å². The molecule has 124 valence electrons. The molecule has 1 spiro atoms. The molecule has 1 aromatic carbocycles. The molecule has 2 amide bonds. The van der Waals surface area contributed by atoms with Gasteiger partial charge in [0.2, 0.25) is 0 Å². The molecule has 2 saturated carbocycles. The molecule has 6 heteroatoms. The zero-order valence-corrected chi connectivity index (χ0v) is 13.9. The van der Waals surface area contributed by atoms with Crippen molar-refractivity contribution in [1.82, 2.24) is 5.32 Å². The lowest BCUT2D eigenvalue weighted by Crippen LogP contribution is -2.72. The van der Waals surface area contributed by atoms with Crippen LogP contribution in [0.15, 0.2) is 18.2 Å². The standard InChI is InChI=1S/C17H21ClN2O3/c1-22-10-3-4-13(12(18)9-10)19-16(21)20-14-11-5-8-23-15(11)17(14)6-2-7-17/h3-4,9,11,14-15H,2,5-8H2,1H3,(H2,19,20,21)/t11-,14+,15+/m0/s1. The predicted octanol–water partition coefficient (Wildman–Crippen LogP) is 3.43. The molecule has 5 nitrogen and oxygen atoms in total. The topological polar surface area (TPSA) is 59.6 Å². The molecule has 23 heavy (non-hydrogen) atoms. The normalized spacial score (nSPS) is 30.1. The highest BCUT2D eigenvalue weighted by Crippen LogP contribution is 2.62. The van der Waals surface area contributed by atoms with Crippen molar-refractivity contribution in [1.29, 1.82) is 0 Å². The summed E-state index contributed by atoms with van der Waals surface area (Å²) in [4.78, 5) is 12.4. The molecule has 1 aromatic rings. The molecule has 0 radical (unpaired) electrons. The average molecular weight is 337 g/mol. The Morgan fingerprint density at radius 3 is 2.91 bits per heavy atom. The van der Waals surface area contributed by atoms with Crippen molar-refractivity contribution in [2.75, 3.05) is 19.0 Å². The summed E-state index contributed by atoms with van der Waals surface area (Å²) in [5, 5.41) is 6.48. The number of fused-ring (bicyclic) bond motifs is 2. The fourth-order valence-electron chi connectivity index (χ4n) is 4.48. The smallest absolute Gasteiger partial charge is 0.319 e. The predicted molar refractivity (Wildman–Crippen MR) is 88.1 cm³/mol. The van der Waals surface area contributed by atoms with Gasteiger partial charge >= 0.3 is 6.03 Å². The van der Waals surface area contributed by atoms with Gasteiger partial charge in [-0.3, -0.25) is 0 Å². The van der Waals surface area contributed by atoms with Crippen LogP contribution in [0.5, 0.6) is 5.75 Å². The van der Waals surface area contributed by atoms with E-state index in [0.717, 1.165) is 25.9 Å². The Kier molecular flexibility index (Phi) is 3.65. The van der Waals surface area contributed by atoms with Gasteiger partial charge < -0.3 is 20.1 Å². The Balaban J connectivity index is 1.42. The zero-order valence-electron chi connectivity index (χ0n) is 13.1. The Hall–Kier alpha value is -1.46. The van der Waals surface area contributed by atoms with Crippen LogP contribution in [0.4, 0.5) is 10.5 Å². The largest absolute Gasteiger partial charge is 0.497 e. The van der Waals surface area contributed by atoms with E-state index in [2.05, 4.69) is 10.6 Å². The summed E-state index contributed by atoms with van der Waals surface area (Å²) in [5.74, 6) is 1.13. The second-order valence-corrected chi connectivity index (χ2v) is 7.16. The number of hydrogen-bond donors (Lipinski definition) is 2. The zero-order chi connectivity index (χ0) is 16.0. The van der Waals surface area contributed by atoms with Gasteiger partial charge in [0.25, 0.3) is 0 Å². The number of anilines is 1. The van der Waals surface area contributed by atoms with Gasteiger partial charge in [-0.15, -0.1) is 0 Å². The molecule has 3 atom stereocenters. The highest BCUT2D eigenvalue weighted by molar-refractivity contribution is 6.33. The van der Waals surface area contributed by atoms with Crippen LogP contribution >= 0.6 is 11.6 Å². The van der Waals surface area contributed by atoms with E-state index in [0.29, 0.717) is 28.5 Å². The van der Waals surface area contributed by atoms with Crippen LogP contribution in [0.3, 0.4) is 0 Å². The van der Waals surface area contributed by atoms with Crippen LogP contribution in [0, 0.1) is 11.3 Å². The third-order valence-electron chi connectivity index (χ3n) is 5.75. The first-order valence-electron chi connectivity index (χ1n) is 8.17. The Morgan fingerprint density at radius 2 is 2.26 bits per heavy atom. The number of carbonyl (C=O) groups is 1. The van der Waals surface area contributed by atoms with Crippen LogP contribution in [-0.4, -0.2) is 31.9 Å². The fourth-order valence-corrected chi connectivity index (χ4v) is 4.70. The van der Waals surface area contributed by atoms with E-state index in [-0.39, 0.29) is 17.5 Å². The van der Waals surface area contributed by atoms with Crippen molar-refractivity contribution in [2.24, 2.45) is 11.3 Å². The molecule has 4 rings (SSSR count). The second kappa shape index (κ2) is 5.56. The molecule has 3 aliphatic rings. The fraction of sp³-hybridized carbons (Fsp3) is 0.588. The minimum atomic E-state index is -0.196. The van der Waals surface area contributed by atoms with Crippen molar-refractivity contribution >= 4 is 23.3 Å². The summed E-state index contributed by atoms with van der Waals surface area (Å²) < 4.78 is 11.0. The highest BCUT2D eigenvalue weighted by atomic mass is 35.5. The third kappa shape index (κ3) is 2.29. The number of urea groups is 1. The quantitative estimate of drug-likeness (QED) is 0.889. The van der Waals surface area contributed by atoms with Gasteiger partial charge in [-0.25, -0.2) is 4.79 Å². The van der Waals surface area contributed by atoms with Gasteiger partial charge in [-0.1, -0.05) is 18.0 Å². The van der Waals surface area contributed by atoms with E-state index in [1.54, 1.807) is 25.3 Å². The molecule has 0 bridgehead atoms. The molecule has 0 aromatic heterocycles. The number of rotatable bonds is 3. The van der Waals surface area contributed by atoms with Crippen LogP contribution in [0.1, 0.15) is 25.7 Å². The van der Waals surface area contributed by atoms with Crippen molar-refractivity contribution in [2.45, 2.75) is 37.8 Å². The van der Waals surface area contributed by atoms with E-state index >= 15 is 0 Å². The van der Waals surface area contributed by atoms with Crippen molar-refractivity contribution < 1.29 is 14.3 Å². The number of nitrogens with one attached hydrogen (secondary N) is 2. The van der Waals surface area contributed by atoms with Crippen LogP contribution < -0.4 is 15.4 Å². The summed E-state index contributed by atoms with van der Waals surface area (Å²) in [7, 11) is 1.58. The maximum Gasteiger partial charge on any atom is 0.319 e. The number of benzene rings is 1. The van der Waals surface area contributed by atoms with Gasteiger partial charge in [-0.2, -0.15) is 0 Å². The number of halogens is 1. The monoisotopic (exact) mass is 336 g/mol. The number of ether oxygens (including phenoxy) is 2. The lowest BCUT2D eigenvalue weighted by molar-refractivity contribution is -0.171. The minimum Gasteiger partial charge on any atom is -0.497 e. The van der Waals surface area contributed by atoms with Crippen LogP contribution in [-0.2, 0) is 4.74 Å². The first kappa shape index (κ1) is 15.1. The number of methoxy groups -OCH3 is 1. The van der Waals surface area contributed by atoms with Gasteiger partial charge in [-0.05, 0) is 31.4 Å². The van der Waals surface area contributed by atoms with Crippen LogP contribution in [0.2, 0.25) is 5.02 Å². The lowest BCUT2D eigenvalue weighted by atomic mass is 9.46. The molecule has 1 heterocycles. The first-order valence-corrected chi connectivity index (χ1v) is 8.54. The first-order chi connectivity index (χ1) is 11.1. The van der Waals surface area contributed by atoms with E-state index in [4.69, 9.17) is 21.1 Å². The molecular formula is C17H21ClN2O3. The Bertz CT molecular complexity index is 632. The summed E-state index contributed by atoms with van der Waals surface area (Å²) >= 11 is 6.18. The molecule has 3 fully saturated rings. The van der Waals surface area contributed by atoms with Crippen molar-refractivity contribution in [3.05, 3.63) is 23.2 Å². The van der Waals surface area contributed by atoms with Crippen LogP contribution in [0.25, 0.3) is 0 Å². The summed E-state index contributed by atoms with van der Waals surface area (Å²) in [6.07, 6.45) is 4.94. The maximum absolute atomic E-state index is 12.4. The molecular weight excluding hydrogens is 316 g/mol. The Morgan fingerprint density at radius 1 is 1.43 bits per heavy atom. The molecule has 0 unspecified atom stereocenters. The van der Waals surface area contributed by atoms with Crippen molar-refractivity contribution in [3.8, 4) is 5.75 Å². The van der Waals surface area contributed by atoms with E-state index in [1.807, 2.05) is 0 Å². The molecule has 1 saturated heterocycles. The Labute approximate surface area is 140 Å². The molecule has 2 aliphatic carbocycles.